The van der Waals surface area contributed by atoms with Crippen LogP contribution in [0.4, 0.5) is 0 Å². The van der Waals surface area contributed by atoms with Crippen LogP contribution in [-0.4, -0.2) is 11.9 Å². The summed E-state index contributed by atoms with van der Waals surface area (Å²) in [6.07, 6.45) is 2.55. The first kappa shape index (κ1) is 10.5. The molecule has 0 spiro atoms. The van der Waals surface area contributed by atoms with E-state index in [0.29, 0.717) is 0 Å². The van der Waals surface area contributed by atoms with Crippen LogP contribution in [0.15, 0.2) is 43.0 Å². The van der Waals surface area contributed by atoms with Crippen LogP contribution in [-0.2, 0) is 11.2 Å². The molecule has 1 rings (SSSR count). The van der Waals surface area contributed by atoms with E-state index in [1.807, 2.05) is 30.3 Å². The van der Waals surface area contributed by atoms with Crippen LogP contribution >= 0.6 is 0 Å². The normalized spacial score (nSPS) is 11.8. The van der Waals surface area contributed by atoms with Crippen LogP contribution in [0.5, 0.6) is 0 Å². The average molecular weight is 189 g/mol. The first-order valence-electron chi connectivity index (χ1n) is 4.66. The lowest BCUT2D eigenvalue weighted by Gasteiger charge is -2.12. The van der Waals surface area contributed by atoms with Crippen LogP contribution in [0.2, 0.25) is 0 Å². The Balaban J connectivity index is 2.57. The van der Waals surface area contributed by atoms with Crippen LogP contribution in [0.25, 0.3) is 0 Å². The van der Waals surface area contributed by atoms with Gasteiger partial charge in [-0.3, -0.25) is 4.79 Å². The Morgan fingerprint density at radius 2 is 2.14 bits per heavy atom. The maximum Gasteiger partial charge on any atom is 0.217 e. The van der Waals surface area contributed by atoms with Gasteiger partial charge in [-0.05, 0) is 12.0 Å². The molecule has 1 atom stereocenters. The van der Waals surface area contributed by atoms with Crippen molar-refractivity contribution in [1.82, 2.24) is 5.32 Å². The van der Waals surface area contributed by atoms with Crippen molar-refractivity contribution in [2.75, 3.05) is 0 Å². The van der Waals surface area contributed by atoms with E-state index in [2.05, 4.69) is 11.9 Å². The van der Waals surface area contributed by atoms with Crippen molar-refractivity contribution in [2.24, 2.45) is 0 Å². The molecule has 0 saturated carbocycles. The molecule has 1 aromatic rings. The maximum absolute atomic E-state index is 10.8. The molecule has 2 nitrogen and oxygen atoms in total. The minimum atomic E-state index is -0.0224. The number of carbonyl (C=O) groups excluding carboxylic acids is 1. The number of benzene rings is 1. The molecule has 14 heavy (non-hydrogen) atoms. The number of hydrogen-bond acceptors (Lipinski definition) is 1. The van der Waals surface area contributed by atoms with Crippen molar-refractivity contribution >= 4 is 5.91 Å². The molecule has 0 aliphatic rings. The van der Waals surface area contributed by atoms with E-state index in [4.69, 9.17) is 0 Å². The first-order chi connectivity index (χ1) is 6.72. The second-order valence-electron chi connectivity index (χ2n) is 3.23. The molecule has 0 fully saturated rings. The SMILES string of the molecule is C=C[C@@H](Cc1ccccc1)NC(C)=O. The largest absolute Gasteiger partial charge is 0.350 e. The highest BCUT2D eigenvalue weighted by Crippen LogP contribution is 2.03. The van der Waals surface area contributed by atoms with E-state index >= 15 is 0 Å². The Kier molecular flexibility index (Phi) is 3.92. The third-order valence-corrected chi connectivity index (χ3v) is 1.97. The fourth-order valence-electron chi connectivity index (χ4n) is 1.32. The highest BCUT2D eigenvalue weighted by atomic mass is 16.1. The minimum Gasteiger partial charge on any atom is -0.350 e. The summed E-state index contributed by atoms with van der Waals surface area (Å²) in [6.45, 7) is 5.21. The molecule has 0 radical (unpaired) electrons. The van der Waals surface area contributed by atoms with Gasteiger partial charge in [0, 0.05) is 6.92 Å². The molecule has 74 valence electrons. The molecule has 0 saturated heterocycles. The maximum atomic E-state index is 10.8. The van der Waals surface area contributed by atoms with Crippen LogP contribution in [0.3, 0.4) is 0 Å². The van der Waals surface area contributed by atoms with Gasteiger partial charge in [0.2, 0.25) is 5.91 Å². The van der Waals surface area contributed by atoms with E-state index in [9.17, 15) is 4.79 Å². The molecule has 1 aromatic carbocycles. The molecular weight excluding hydrogens is 174 g/mol. The highest BCUT2D eigenvalue weighted by molar-refractivity contribution is 5.73. The molecule has 0 heterocycles. The number of amides is 1. The quantitative estimate of drug-likeness (QED) is 0.720. The van der Waals surface area contributed by atoms with Crippen molar-refractivity contribution in [3.05, 3.63) is 48.6 Å². The monoisotopic (exact) mass is 189 g/mol. The summed E-state index contributed by atoms with van der Waals surface area (Å²) in [5.41, 5.74) is 1.20. The van der Waals surface area contributed by atoms with Gasteiger partial charge in [-0.25, -0.2) is 0 Å². The molecule has 0 bridgehead atoms. The predicted octanol–water partition coefficient (Wildman–Crippen LogP) is 1.92. The standard InChI is InChI=1S/C12H15NO/c1-3-12(13-10(2)14)9-11-7-5-4-6-8-11/h3-8,12H,1,9H2,2H3,(H,13,14)/t12-/m0/s1. The fourth-order valence-corrected chi connectivity index (χ4v) is 1.32. The number of hydrogen-bond donors (Lipinski definition) is 1. The summed E-state index contributed by atoms with van der Waals surface area (Å²) in [5, 5.41) is 2.82. The van der Waals surface area contributed by atoms with Gasteiger partial charge in [0.1, 0.15) is 0 Å². The second-order valence-corrected chi connectivity index (χ2v) is 3.23. The fraction of sp³-hybridized carbons (Fsp3) is 0.250. The van der Waals surface area contributed by atoms with Gasteiger partial charge in [-0.2, -0.15) is 0 Å². The smallest absolute Gasteiger partial charge is 0.217 e. The summed E-state index contributed by atoms with van der Waals surface area (Å²) in [7, 11) is 0. The van der Waals surface area contributed by atoms with E-state index in [1.165, 1.54) is 12.5 Å². The third kappa shape index (κ3) is 3.44. The molecular formula is C12H15NO. The summed E-state index contributed by atoms with van der Waals surface area (Å²) in [4.78, 5) is 10.8. The van der Waals surface area contributed by atoms with Crippen molar-refractivity contribution < 1.29 is 4.79 Å². The lowest BCUT2D eigenvalue weighted by molar-refractivity contribution is -0.119. The molecule has 0 aliphatic heterocycles. The van der Waals surface area contributed by atoms with Gasteiger partial charge in [-0.1, -0.05) is 36.4 Å². The van der Waals surface area contributed by atoms with Crippen molar-refractivity contribution in [3.8, 4) is 0 Å². The second kappa shape index (κ2) is 5.22. The van der Waals surface area contributed by atoms with E-state index < -0.39 is 0 Å². The molecule has 1 N–H and O–H groups in total. The molecule has 0 aromatic heterocycles. The lowest BCUT2D eigenvalue weighted by Crippen LogP contribution is -2.32. The lowest BCUT2D eigenvalue weighted by atomic mass is 10.1. The van der Waals surface area contributed by atoms with Gasteiger partial charge < -0.3 is 5.32 Å². The summed E-state index contributed by atoms with van der Waals surface area (Å²) >= 11 is 0. The Morgan fingerprint density at radius 3 is 2.64 bits per heavy atom. The zero-order valence-corrected chi connectivity index (χ0v) is 8.36. The Bertz CT molecular complexity index is 305. The topological polar surface area (TPSA) is 29.1 Å². The average Bonchev–Trinajstić information content (AvgIpc) is 2.17. The predicted molar refractivity (Wildman–Crippen MR) is 57.9 cm³/mol. The van der Waals surface area contributed by atoms with Crippen molar-refractivity contribution in [1.29, 1.82) is 0 Å². The van der Waals surface area contributed by atoms with Gasteiger partial charge in [0.25, 0.3) is 0 Å². The molecule has 1 amide bonds. The van der Waals surface area contributed by atoms with Gasteiger partial charge in [0.05, 0.1) is 6.04 Å². The molecule has 0 aliphatic carbocycles. The van der Waals surface area contributed by atoms with Gasteiger partial charge in [0.15, 0.2) is 0 Å². The van der Waals surface area contributed by atoms with Crippen molar-refractivity contribution in [3.63, 3.8) is 0 Å². The minimum absolute atomic E-state index is 0.0224. The van der Waals surface area contributed by atoms with E-state index in [-0.39, 0.29) is 11.9 Å². The van der Waals surface area contributed by atoms with Gasteiger partial charge in [-0.15, -0.1) is 6.58 Å². The molecule has 2 heteroatoms. The Morgan fingerprint density at radius 1 is 1.50 bits per heavy atom. The van der Waals surface area contributed by atoms with Crippen LogP contribution in [0.1, 0.15) is 12.5 Å². The zero-order valence-electron chi connectivity index (χ0n) is 8.36. The highest BCUT2D eigenvalue weighted by Gasteiger charge is 2.05. The van der Waals surface area contributed by atoms with E-state index in [1.54, 1.807) is 6.08 Å². The number of nitrogens with one attached hydrogen (secondary N) is 1. The zero-order chi connectivity index (χ0) is 10.4. The third-order valence-electron chi connectivity index (χ3n) is 1.97. The van der Waals surface area contributed by atoms with Crippen LogP contribution < -0.4 is 5.32 Å². The van der Waals surface area contributed by atoms with Gasteiger partial charge >= 0.3 is 0 Å². The van der Waals surface area contributed by atoms with E-state index in [0.717, 1.165) is 6.42 Å². The number of rotatable bonds is 4. The summed E-state index contributed by atoms with van der Waals surface area (Å²) in [5.74, 6) is -0.0224. The summed E-state index contributed by atoms with van der Waals surface area (Å²) in [6, 6.07) is 10.1. The van der Waals surface area contributed by atoms with Crippen LogP contribution in [0, 0.1) is 0 Å². The first-order valence-corrected chi connectivity index (χ1v) is 4.66. The molecule has 0 unspecified atom stereocenters. The Hall–Kier alpha value is -1.57. The summed E-state index contributed by atoms with van der Waals surface area (Å²) < 4.78 is 0. The van der Waals surface area contributed by atoms with Crippen molar-refractivity contribution in [2.45, 2.75) is 19.4 Å². The Labute approximate surface area is 84.6 Å². The number of carbonyl (C=O) groups is 1.